The molecule has 0 radical (unpaired) electrons. The number of rotatable bonds is 5. The van der Waals surface area contributed by atoms with Gasteiger partial charge in [0.15, 0.2) is 0 Å². The van der Waals surface area contributed by atoms with E-state index in [4.69, 9.17) is 9.47 Å². The van der Waals surface area contributed by atoms with Crippen molar-refractivity contribution in [3.63, 3.8) is 0 Å². The van der Waals surface area contributed by atoms with Crippen LogP contribution in [0.1, 0.15) is 65.9 Å². The number of H-pyrrole nitrogens is 1. The molecular formula is C27H35NO4. The zero-order chi connectivity index (χ0) is 23.1. The van der Waals surface area contributed by atoms with Gasteiger partial charge in [-0.05, 0) is 62.0 Å². The number of para-hydroxylation sites is 1. The van der Waals surface area contributed by atoms with Crippen LogP contribution in [-0.4, -0.2) is 29.6 Å². The summed E-state index contributed by atoms with van der Waals surface area (Å²) >= 11 is 0. The third-order valence-electron chi connectivity index (χ3n) is 8.14. The molecule has 0 saturated heterocycles. The van der Waals surface area contributed by atoms with Gasteiger partial charge in [-0.15, -0.1) is 0 Å². The maximum absolute atomic E-state index is 11.9. The van der Waals surface area contributed by atoms with Crippen molar-refractivity contribution in [1.29, 1.82) is 0 Å². The molecule has 1 aromatic carbocycles. The quantitative estimate of drug-likeness (QED) is 0.478. The fourth-order valence-corrected chi connectivity index (χ4v) is 6.10. The Morgan fingerprint density at radius 1 is 1.03 bits per heavy atom. The van der Waals surface area contributed by atoms with E-state index in [0.717, 1.165) is 32.1 Å². The van der Waals surface area contributed by atoms with Gasteiger partial charge < -0.3 is 14.5 Å². The van der Waals surface area contributed by atoms with Gasteiger partial charge in [-0.2, -0.15) is 0 Å². The highest BCUT2D eigenvalue weighted by molar-refractivity contribution is 5.83. The molecule has 1 heterocycles. The summed E-state index contributed by atoms with van der Waals surface area (Å²) in [6, 6.07) is 8.47. The first-order valence-electron chi connectivity index (χ1n) is 11.7. The van der Waals surface area contributed by atoms with E-state index in [0.29, 0.717) is 5.92 Å². The molecule has 5 heteroatoms. The summed E-state index contributed by atoms with van der Waals surface area (Å²) in [6.07, 6.45) is 6.52. The number of hydrogen-bond donors (Lipinski definition) is 1. The number of carbonyl (C=O) groups is 2. The van der Waals surface area contributed by atoms with Gasteiger partial charge in [0, 0.05) is 30.9 Å². The number of nitrogens with one attached hydrogen (secondary N) is 1. The Bertz CT molecular complexity index is 1070. The highest BCUT2D eigenvalue weighted by atomic mass is 16.6. The monoisotopic (exact) mass is 437 g/mol. The molecule has 4 atom stereocenters. The Morgan fingerprint density at radius 2 is 1.72 bits per heavy atom. The summed E-state index contributed by atoms with van der Waals surface area (Å²) in [7, 11) is 0. The summed E-state index contributed by atoms with van der Waals surface area (Å²) in [5.41, 5.74) is 4.81. The number of fused-ring (bicyclic) bond motifs is 1. The van der Waals surface area contributed by atoms with E-state index < -0.39 is 5.41 Å². The normalized spacial score (nSPS) is 30.2. The van der Waals surface area contributed by atoms with Crippen LogP contribution in [0.2, 0.25) is 0 Å². The number of benzene rings is 1. The van der Waals surface area contributed by atoms with Crippen molar-refractivity contribution in [1.82, 2.24) is 4.98 Å². The van der Waals surface area contributed by atoms with Gasteiger partial charge in [0.25, 0.3) is 0 Å². The lowest BCUT2D eigenvalue weighted by Gasteiger charge is -2.52. The molecular weight excluding hydrogens is 402 g/mol. The molecule has 0 amide bonds. The number of aromatic nitrogens is 1. The standard InChI is InChI=1S/C27H35NO4/c1-17-10-11-23-22(12-13-25(32-19(3)30)27(23,5)16-31-18(2)29)26(17,4)14-20-15-28-24-9-7-6-8-21(20)24/h6-9,15,17,25,28H,10-14,16H2,1-5H3/t17?,25-,26+,27-/m1/s1. The van der Waals surface area contributed by atoms with Gasteiger partial charge in [0.05, 0.1) is 5.41 Å². The molecule has 2 aromatic rings. The SMILES string of the molecule is CC(=O)OC[C@]1(C)C2=C(CC[C@H]1OC(C)=O)[C@@](C)(Cc1c[nH]c3ccccc13)C(C)CC2. The third kappa shape index (κ3) is 3.87. The summed E-state index contributed by atoms with van der Waals surface area (Å²) in [5.74, 6) is -0.0525. The highest BCUT2D eigenvalue weighted by Crippen LogP contribution is 2.57. The average Bonchev–Trinajstić information content (AvgIpc) is 3.14. The van der Waals surface area contributed by atoms with Gasteiger partial charge in [0.1, 0.15) is 12.7 Å². The Labute approximate surface area is 190 Å². The van der Waals surface area contributed by atoms with Gasteiger partial charge in [-0.25, -0.2) is 0 Å². The number of ether oxygens (including phenoxy) is 2. The molecule has 5 nitrogen and oxygen atoms in total. The zero-order valence-electron chi connectivity index (χ0n) is 19.9. The van der Waals surface area contributed by atoms with Crippen LogP contribution in [-0.2, 0) is 25.5 Å². The predicted octanol–water partition coefficient (Wildman–Crippen LogP) is 5.74. The summed E-state index contributed by atoms with van der Waals surface area (Å²) < 4.78 is 11.3. The molecule has 2 aliphatic carbocycles. The molecule has 0 fully saturated rings. The Balaban J connectivity index is 1.77. The van der Waals surface area contributed by atoms with Gasteiger partial charge >= 0.3 is 11.9 Å². The van der Waals surface area contributed by atoms with E-state index in [1.54, 1.807) is 0 Å². The average molecular weight is 438 g/mol. The predicted molar refractivity (Wildman–Crippen MR) is 125 cm³/mol. The Kier molecular flexibility index (Phi) is 5.95. The summed E-state index contributed by atoms with van der Waals surface area (Å²) in [6.45, 7) is 10.0. The molecule has 1 unspecified atom stereocenters. The maximum Gasteiger partial charge on any atom is 0.302 e. The summed E-state index contributed by atoms with van der Waals surface area (Å²) in [4.78, 5) is 27.0. The van der Waals surface area contributed by atoms with Gasteiger partial charge in [-0.3, -0.25) is 9.59 Å². The van der Waals surface area contributed by atoms with Gasteiger partial charge in [-0.1, -0.05) is 43.2 Å². The minimum atomic E-state index is -0.494. The molecule has 2 aliphatic rings. The minimum absolute atomic E-state index is 0.00275. The van der Waals surface area contributed by atoms with Crippen molar-refractivity contribution in [2.75, 3.05) is 6.61 Å². The van der Waals surface area contributed by atoms with E-state index in [-0.39, 0.29) is 30.1 Å². The van der Waals surface area contributed by atoms with Crippen LogP contribution in [0, 0.1) is 16.7 Å². The molecule has 1 aromatic heterocycles. The van der Waals surface area contributed by atoms with Crippen molar-refractivity contribution in [3.8, 4) is 0 Å². The lowest BCUT2D eigenvalue weighted by Crippen LogP contribution is -2.49. The van der Waals surface area contributed by atoms with Crippen LogP contribution >= 0.6 is 0 Å². The fourth-order valence-electron chi connectivity index (χ4n) is 6.10. The van der Waals surface area contributed by atoms with E-state index in [2.05, 4.69) is 56.2 Å². The number of hydrogen-bond acceptors (Lipinski definition) is 4. The van der Waals surface area contributed by atoms with Crippen LogP contribution < -0.4 is 0 Å². The van der Waals surface area contributed by atoms with E-state index in [1.807, 2.05) is 0 Å². The largest absolute Gasteiger partial charge is 0.465 e. The van der Waals surface area contributed by atoms with Crippen molar-refractivity contribution in [3.05, 3.63) is 47.2 Å². The Morgan fingerprint density at radius 3 is 2.44 bits per heavy atom. The van der Waals surface area contributed by atoms with Crippen molar-refractivity contribution in [2.45, 2.75) is 72.8 Å². The van der Waals surface area contributed by atoms with E-state index >= 15 is 0 Å². The molecule has 1 N–H and O–H groups in total. The van der Waals surface area contributed by atoms with Crippen molar-refractivity contribution < 1.29 is 19.1 Å². The molecule has 32 heavy (non-hydrogen) atoms. The van der Waals surface area contributed by atoms with Crippen LogP contribution in [0.3, 0.4) is 0 Å². The molecule has 0 spiro atoms. The molecule has 4 rings (SSSR count). The topological polar surface area (TPSA) is 68.4 Å². The smallest absolute Gasteiger partial charge is 0.302 e. The summed E-state index contributed by atoms with van der Waals surface area (Å²) in [5, 5.41) is 1.28. The van der Waals surface area contributed by atoms with E-state index in [9.17, 15) is 9.59 Å². The fraction of sp³-hybridized carbons (Fsp3) is 0.556. The molecule has 0 saturated carbocycles. The van der Waals surface area contributed by atoms with E-state index in [1.165, 1.54) is 41.5 Å². The second-order valence-electron chi connectivity index (χ2n) is 10.2. The molecule has 0 bridgehead atoms. The third-order valence-corrected chi connectivity index (χ3v) is 8.14. The number of aromatic amines is 1. The molecule has 0 aliphatic heterocycles. The number of allylic oxidation sites excluding steroid dienone is 1. The van der Waals surface area contributed by atoms with Crippen LogP contribution in [0.4, 0.5) is 0 Å². The lowest BCUT2D eigenvalue weighted by atomic mass is 9.54. The van der Waals surface area contributed by atoms with Crippen molar-refractivity contribution >= 4 is 22.8 Å². The number of esters is 2. The second kappa shape index (κ2) is 8.42. The second-order valence-corrected chi connectivity index (χ2v) is 10.2. The Hall–Kier alpha value is -2.56. The molecule has 172 valence electrons. The van der Waals surface area contributed by atoms with Gasteiger partial charge in [0.2, 0.25) is 0 Å². The van der Waals surface area contributed by atoms with Crippen LogP contribution in [0.15, 0.2) is 41.6 Å². The lowest BCUT2D eigenvalue weighted by molar-refractivity contribution is -0.159. The number of carbonyl (C=O) groups excluding carboxylic acids is 2. The van der Waals surface area contributed by atoms with Crippen LogP contribution in [0.25, 0.3) is 10.9 Å². The highest BCUT2D eigenvalue weighted by Gasteiger charge is 2.51. The van der Waals surface area contributed by atoms with Crippen molar-refractivity contribution in [2.24, 2.45) is 16.7 Å². The first kappa shape index (κ1) is 22.6. The minimum Gasteiger partial charge on any atom is -0.465 e. The first-order valence-corrected chi connectivity index (χ1v) is 11.7. The first-order chi connectivity index (χ1) is 15.1. The van der Waals surface area contributed by atoms with Crippen LogP contribution in [0.5, 0.6) is 0 Å². The maximum atomic E-state index is 11.9. The zero-order valence-corrected chi connectivity index (χ0v) is 19.9.